The van der Waals surface area contributed by atoms with E-state index in [1.54, 1.807) is 48.7 Å². The van der Waals surface area contributed by atoms with E-state index in [-0.39, 0.29) is 22.8 Å². The summed E-state index contributed by atoms with van der Waals surface area (Å²) in [7, 11) is 1.52. The SMILES string of the molecule is COc1cccc(C2/C(=C(/O)c3c[nH]c4ccccc34)C(=O)C(=O)N2c2ccccc2O)c1. The average Bonchev–Trinajstić information content (AvgIpc) is 3.38. The zero-order chi connectivity index (χ0) is 23.1. The van der Waals surface area contributed by atoms with Crippen molar-refractivity contribution in [1.29, 1.82) is 0 Å². The van der Waals surface area contributed by atoms with Crippen LogP contribution in [0.1, 0.15) is 17.2 Å². The van der Waals surface area contributed by atoms with E-state index >= 15 is 0 Å². The highest BCUT2D eigenvalue weighted by molar-refractivity contribution is 6.52. The summed E-state index contributed by atoms with van der Waals surface area (Å²) in [5.74, 6) is -1.60. The molecule has 1 aromatic heterocycles. The Bertz CT molecular complexity index is 1440. The van der Waals surface area contributed by atoms with Crippen molar-refractivity contribution in [2.45, 2.75) is 6.04 Å². The number of aromatic hydroxyl groups is 1. The largest absolute Gasteiger partial charge is 0.507 e. The van der Waals surface area contributed by atoms with Crippen molar-refractivity contribution in [3.63, 3.8) is 0 Å². The zero-order valence-electron chi connectivity index (χ0n) is 17.6. The quantitative estimate of drug-likeness (QED) is 0.246. The molecule has 2 heterocycles. The van der Waals surface area contributed by atoms with Gasteiger partial charge in [0.15, 0.2) is 0 Å². The Labute approximate surface area is 189 Å². The number of hydrogen-bond acceptors (Lipinski definition) is 5. The normalized spacial score (nSPS) is 17.6. The van der Waals surface area contributed by atoms with Crippen LogP contribution in [0.3, 0.4) is 0 Å². The first-order chi connectivity index (χ1) is 16.0. The number of aliphatic hydroxyl groups is 1. The number of amides is 1. The molecule has 33 heavy (non-hydrogen) atoms. The van der Waals surface area contributed by atoms with Gasteiger partial charge in [0.2, 0.25) is 0 Å². The predicted molar refractivity (Wildman–Crippen MR) is 124 cm³/mol. The van der Waals surface area contributed by atoms with Gasteiger partial charge in [-0.15, -0.1) is 0 Å². The topological polar surface area (TPSA) is 103 Å². The van der Waals surface area contributed by atoms with Gasteiger partial charge in [0, 0.05) is 22.7 Å². The molecular formula is C26H20N2O5. The molecule has 0 spiro atoms. The lowest BCUT2D eigenvalue weighted by Crippen LogP contribution is -2.29. The summed E-state index contributed by atoms with van der Waals surface area (Å²) in [6.07, 6.45) is 1.61. The zero-order valence-corrected chi connectivity index (χ0v) is 17.6. The predicted octanol–water partition coefficient (Wildman–Crippen LogP) is 4.51. The molecule has 1 atom stereocenters. The van der Waals surface area contributed by atoms with E-state index in [0.29, 0.717) is 22.3 Å². The van der Waals surface area contributed by atoms with Crippen LogP contribution in [0.15, 0.2) is 84.6 Å². The van der Waals surface area contributed by atoms with Crippen LogP contribution in [0.2, 0.25) is 0 Å². The van der Waals surface area contributed by atoms with Crippen molar-refractivity contribution in [1.82, 2.24) is 4.98 Å². The number of phenols is 1. The smallest absolute Gasteiger partial charge is 0.300 e. The summed E-state index contributed by atoms with van der Waals surface area (Å²) in [6, 6.07) is 19.6. The van der Waals surface area contributed by atoms with Crippen molar-refractivity contribution in [2.75, 3.05) is 12.0 Å². The minimum atomic E-state index is -0.970. The number of para-hydroxylation sites is 3. The van der Waals surface area contributed by atoms with Crippen molar-refractivity contribution < 1.29 is 24.5 Å². The number of rotatable bonds is 4. The Morgan fingerprint density at radius 1 is 1.00 bits per heavy atom. The molecule has 4 aromatic rings. The fourth-order valence-electron chi connectivity index (χ4n) is 4.29. The van der Waals surface area contributed by atoms with E-state index < -0.39 is 17.7 Å². The number of benzene rings is 3. The Morgan fingerprint density at radius 2 is 1.76 bits per heavy atom. The van der Waals surface area contributed by atoms with E-state index in [1.165, 1.54) is 18.1 Å². The summed E-state index contributed by atoms with van der Waals surface area (Å²) >= 11 is 0. The van der Waals surface area contributed by atoms with Crippen LogP contribution in [-0.2, 0) is 9.59 Å². The van der Waals surface area contributed by atoms with Gasteiger partial charge in [0.1, 0.15) is 17.3 Å². The number of ketones is 1. The second-order valence-corrected chi connectivity index (χ2v) is 7.68. The van der Waals surface area contributed by atoms with E-state index in [9.17, 15) is 19.8 Å². The molecule has 1 aliphatic heterocycles. The van der Waals surface area contributed by atoms with Gasteiger partial charge >= 0.3 is 0 Å². The molecule has 3 N–H and O–H groups in total. The molecule has 3 aromatic carbocycles. The fraction of sp³-hybridized carbons (Fsp3) is 0.0769. The summed E-state index contributed by atoms with van der Waals surface area (Å²) in [5, 5.41) is 22.5. The van der Waals surface area contributed by atoms with Crippen LogP contribution >= 0.6 is 0 Å². The number of carbonyl (C=O) groups is 2. The second kappa shape index (κ2) is 7.87. The Kier molecular flexibility index (Phi) is 4.86. The van der Waals surface area contributed by atoms with E-state index in [0.717, 1.165) is 5.52 Å². The summed E-state index contributed by atoms with van der Waals surface area (Å²) in [5.41, 5.74) is 1.85. The van der Waals surface area contributed by atoms with Crippen molar-refractivity contribution in [3.8, 4) is 11.5 Å². The molecule has 5 rings (SSSR count). The number of carbonyl (C=O) groups excluding carboxylic acids is 2. The van der Waals surface area contributed by atoms with Gasteiger partial charge in [0.05, 0.1) is 24.4 Å². The monoisotopic (exact) mass is 440 g/mol. The van der Waals surface area contributed by atoms with Crippen LogP contribution in [0.4, 0.5) is 5.69 Å². The molecule has 7 heteroatoms. The molecule has 1 amide bonds. The van der Waals surface area contributed by atoms with Crippen molar-refractivity contribution >= 4 is 34.0 Å². The lowest BCUT2D eigenvalue weighted by molar-refractivity contribution is -0.132. The van der Waals surface area contributed by atoms with E-state index in [4.69, 9.17) is 4.74 Å². The highest BCUT2D eigenvalue weighted by atomic mass is 16.5. The van der Waals surface area contributed by atoms with Gasteiger partial charge in [-0.25, -0.2) is 0 Å². The molecule has 7 nitrogen and oxygen atoms in total. The third-order valence-electron chi connectivity index (χ3n) is 5.84. The number of anilines is 1. The molecule has 1 saturated heterocycles. The molecule has 0 bridgehead atoms. The fourth-order valence-corrected chi connectivity index (χ4v) is 4.29. The number of H-pyrrole nitrogens is 1. The highest BCUT2D eigenvalue weighted by Crippen LogP contribution is 2.45. The number of phenolic OH excluding ortho intramolecular Hbond substituents is 1. The summed E-state index contributed by atoms with van der Waals surface area (Å²) in [4.78, 5) is 30.8. The third-order valence-corrected chi connectivity index (χ3v) is 5.84. The number of ether oxygens (including phenoxy) is 1. The minimum absolute atomic E-state index is 0.0683. The molecule has 1 unspecified atom stereocenters. The number of Topliss-reactive ketones (excluding diaryl/α,β-unsaturated/α-hetero) is 1. The Morgan fingerprint density at radius 3 is 2.55 bits per heavy atom. The Balaban J connectivity index is 1.78. The maximum atomic E-state index is 13.3. The number of fused-ring (bicyclic) bond motifs is 1. The molecule has 164 valence electrons. The minimum Gasteiger partial charge on any atom is -0.507 e. The van der Waals surface area contributed by atoms with E-state index in [1.807, 2.05) is 24.3 Å². The maximum absolute atomic E-state index is 13.3. The van der Waals surface area contributed by atoms with Gasteiger partial charge in [-0.2, -0.15) is 0 Å². The highest BCUT2D eigenvalue weighted by Gasteiger charge is 2.48. The average molecular weight is 440 g/mol. The first-order valence-electron chi connectivity index (χ1n) is 10.3. The Hall–Kier alpha value is -4.52. The molecule has 1 fully saturated rings. The van der Waals surface area contributed by atoms with Crippen LogP contribution in [0.5, 0.6) is 11.5 Å². The number of methoxy groups -OCH3 is 1. The van der Waals surface area contributed by atoms with Gasteiger partial charge in [0.25, 0.3) is 11.7 Å². The van der Waals surface area contributed by atoms with E-state index in [2.05, 4.69) is 4.98 Å². The number of nitrogens with one attached hydrogen (secondary N) is 1. The number of nitrogens with zero attached hydrogens (tertiary/aromatic N) is 1. The van der Waals surface area contributed by atoms with Crippen LogP contribution in [0.25, 0.3) is 16.7 Å². The van der Waals surface area contributed by atoms with Crippen molar-refractivity contribution in [2.24, 2.45) is 0 Å². The number of aromatic amines is 1. The number of hydrogen-bond donors (Lipinski definition) is 3. The first kappa shape index (κ1) is 20.4. The molecule has 1 aliphatic rings. The standard InChI is InChI=1S/C26H20N2O5/c1-33-16-8-6-7-15(13-16)23-22(24(30)18-14-27-19-10-3-2-9-17(18)19)25(31)26(32)28(23)20-11-4-5-12-21(20)29/h2-14,23,27,29-30H,1H3/b24-22-. The summed E-state index contributed by atoms with van der Waals surface area (Å²) < 4.78 is 5.34. The molecule has 0 radical (unpaired) electrons. The molecule has 0 aliphatic carbocycles. The molecule has 0 saturated carbocycles. The molecular weight excluding hydrogens is 420 g/mol. The first-order valence-corrected chi connectivity index (χ1v) is 10.3. The second-order valence-electron chi connectivity index (χ2n) is 7.68. The van der Waals surface area contributed by atoms with Gasteiger partial charge in [-0.1, -0.05) is 42.5 Å². The van der Waals surface area contributed by atoms with Crippen molar-refractivity contribution in [3.05, 3.63) is 95.7 Å². The van der Waals surface area contributed by atoms with Gasteiger partial charge in [-0.05, 0) is 35.9 Å². The van der Waals surface area contributed by atoms with Crippen LogP contribution in [-0.4, -0.2) is 34.0 Å². The maximum Gasteiger partial charge on any atom is 0.300 e. The summed E-state index contributed by atoms with van der Waals surface area (Å²) in [6.45, 7) is 0. The number of aliphatic hydroxyl groups excluding tert-OH is 1. The lowest BCUT2D eigenvalue weighted by Gasteiger charge is -2.26. The third kappa shape index (κ3) is 3.22. The van der Waals surface area contributed by atoms with Gasteiger partial charge in [-0.3, -0.25) is 14.5 Å². The van der Waals surface area contributed by atoms with Crippen LogP contribution in [0, 0.1) is 0 Å². The lowest BCUT2D eigenvalue weighted by atomic mass is 9.94. The van der Waals surface area contributed by atoms with Crippen LogP contribution < -0.4 is 9.64 Å². The number of aromatic nitrogens is 1. The van der Waals surface area contributed by atoms with Gasteiger partial charge < -0.3 is 19.9 Å².